The van der Waals surface area contributed by atoms with E-state index in [4.69, 9.17) is 18.9 Å². The molecular weight excluding hydrogens is 608 g/mol. The van der Waals surface area contributed by atoms with Crippen molar-refractivity contribution in [2.75, 3.05) is 26.4 Å². The number of hydrogen-bond acceptors (Lipinski definition) is 8. The number of esters is 4. The van der Waals surface area contributed by atoms with Crippen LogP contribution in [0.3, 0.4) is 0 Å². The Morgan fingerprint density at radius 2 is 0.625 bits per heavy atom. The summed E-state index contributed by atoms with van der Waals surface area (Å²) in [7, 11) is 0. The summed E-state index contributed by atoms with van der Waals surface area (Å²) in [4.78, 5) is 48.5. The first-order valence-electron chi connectivity index (χ1n) is 19.2. The SMILES string of the molecule is CCCCCCCCCCCCCC(=O)OCCOC(=O)c1ccc(C(=O)OCCOC(=O)CCCCCCCCCCCCC)cc1. The lowest BCUT2D eigenvalue weighted by molar-refractivity contribution is -0.145. The number of carbonyl (C=O) groups excluding carboxylic acids is 4. The molecule has 1 aromatic carbocycles. The van der Waals surface area contributed by atoms with Crippen LogP contribution in [0.1, 0.15) is 189 Å². The molecule has 0 aliphatic heterocycles. The molecular formula is C40H66O8. The van der Waals surface area contributed by atoms with E-state index in [0.717, 1.165) is 38.5 Å². The first-order valence-corrected chi connectivity index (χ1v) is 19.2. The highest BCUT2D eigenvalue weighted by Gasteiger charge is 2.12. The summed E-state index contributed by atoms with van der Waals surface area (Å²) in [6, 6.07) is 5.91. The van der Waals surface area contributed by atoms with E-state index < -0.39 is 11.9 Å². The summed E-state index contributed by atoms with van der Waals surface area (Å²) >= 11 is 0. The van der Waals surface area contributed by atoms with Crippen molar-refractivity contribution in [2.24, 2.45) is 0 Å². The molecule has 0 heterocycles. The highest BCUT2D eigenvalue weighted by Crippen LogP contribution is 2.14. The van der Waals surface area contributed by atoms with Crippen LogP contribution in [-0.4, -0.2) is 50.3 Å². The van der Waals surface area contributed by atoms with Crippen LogP contribution < -0.4 is 0 Å². The van der Waals surface area contributed by atoms with Gasteiger partial charge in [0.25, 0.3) is 0 Å². The van der Waals surface area contributed by atoms with Crippen molar-refractivity contribution in [2.45, 2.75) is 168 Å². The van der Waals surface area contributed by atoms with E-state index in [1.165, 1.54) is 127 Å². The average Bonchev–Trinajstić information content (AvgIpc) is 3.09. The van der Waals surface area contributed by atoms with E-state index in [1.807, 2.05) is 0 Å². The number of rotatable bonds is 32. The lowest BCUT2D eigenvalue weighted by Gasteiger charge is -2.08. The molecule has 0 unspecified atom stereocenters. The zero-order chi connectivity index (χ0) is 34.9. The minimum atomic E-state index is -0.568. The molecule has 274 valence electrons. The minimum absolute atomic E-state index is 0.0108. The van der Waals surface area contributed by atoms with Gasteiger partial charge in [-0.2, -0.15) is 0 Å². The standard InChI is InChI=1S/C40H66O8/c1-3-5-7-9-11-13-15-17-19-21-23-25-37(41)45-31-33-47-39(43)35-27-29-36(30-28-35)40(44)48-34-32-46-38(42)26-24-22-20-18-16-14-12-10-8-6-4-2/h27-30H,3-26,31-34H2,1-2H3. The highest BCUT2D eigenvalue weighted by atomic mass is 16.6. The zero-order valence-corrected chi connectivity index (χ0v) is 30.4. The van der Waals surface area contributed by atoms with Crippen molar-refractivity contribution < 1.29 is 38.1 Å². The topological polar surface area (TPSA) is 105 Å². The predicted octanol–water partition coefficient (Wildman–Crippen LogP) is 10.5. The molecule has 0 spiro atoms. The number of carbonyl (C=O) groups is 4. The van der Waals surface area contributed by atoms with E-state index in [1.54, 1.807) is 0 Å². The fourth-order valence-corrected chi connectivity index (χ4v) is 5.50. The third-order valence-corrected chi connectivity index (χ3v) is 8.48. The Hall–Kier alpha value is -2.90. The molecule has 8 nitrogen and oxygen atoms in total. The van der Waals surface area contributed by atoms with E-state index in [2.05, 4.69) is 13.8 Å². The van der Waals surface area contributed by atoms with Gasteiger partial charge in [-0.1, -0.05) is 142 Å². The first-order chi connectivity index (χ1) is 23.5. The van der Waals surface area contributed by atoms with Crippen LogP contribution in [0.15, 0.2) is 24.3 Å². The molecule has 0 N–H and O–H groups in total. The van der Waals surface area contributed by atoms with Gasteiger partial charge in [0, 0.05) is 12.8 Å². The fourth-order valence-electron chi connectivity index (χ4n) is 5.50. The summed E-state index contributed by atoms with van der Waals surface area (Å²) in [5, 5.41) is 0. The van der Waals surface area contributed by atoms with Crippen molar-refractivity contribution >= 4 is 23.9 Å². The lowest BCUT2D eigenvalue weighted by Crippen LogP contribution is -2.15. The minimum Gasteiger partial charge on any atom is -0.462 e. The molecule has 1 aromatic rings. The molecule has 0 fully saturated rings. The van der Waals surface area contributed by atoms with Crippen LogP contribution in [0.5, 0.6) is 0 Å². The Labute approximate surface area is 291 Å². The van der Waals surface area contributed by atoms with E-state index in [0.29, 0.717) is 12.8 Å². The van der Waals surface area contributed by atoms with Gasteiger partial charge in [0.15, 0.2) is 0 Å². The fraction of sp³-hybridized carbons (Fsp3) is 0.750. The maximum absolute atomic E-state index is 12.3. The van der Waals surface area contributed by atoms with Gasteiger partial charge >= 0.3 is 23.9 Å². The van der Waals surface area contributed by atoms with Crippen molar-refractivity contribution in [3.05, 3.63) is 35.4 Å². The van der Waals surface area contributed by atoms with Gasteiger partial charge in [0.05, 0.1) is 11.1 Å². The molecule has 0 atom stereocenters. The maximum Gasteiger partial charge on any atom is 0.338 e. The maximum atomic E-state index is 12.3. The molecule has 0 aliphatic carbocycles. The second-order valence-electron chi connectivity index (χ2n) is 12.9. The van der Waals surface area contributed by atoms with E-state index in [9.17, 15) is 19.2 Å². The molecule has 1 rings (SSSR count). The molecule has 0 saturated carbocycles. The molecule has 0 radical (unpaired) electrons. The zero-order valence-electron chi connectivity index (χ0n) is 30.4. The molecule has 0 aliphatic rings. The van der Waals surface area contributed by atoms with E-state index in [-0.39, 0.29) is 49.5 Å². The number of unbranched alkanes of at least 4 members (excludes halogenated alkanes) is 20. The molecule has 0 saturated heterocycles. The number of ether oxygens (including phenoxy) is 4. The Kier molecular flexibility index (Phi) is 28.2. The molecule has 48 heavy (non-hydrogen) atoms. The molecule has 0 bridgehead atoms. The van der Waals surface area contributed by atoms with Gasteiger partial charge in [-0.15, -0.1) is 0 Å². The number of benzene rings is 1. The summed E-state index contributed by atoms with van der Waals surface area (Å²) < 4.78 is 20.7. The predicted molar refractivity (Wildman–Crippen MR) is 191 cm³/mol. The monoisotopic (exact) mass is 674 g/mol. The lowest BCUT2D eigenvalue weighted by atomic mass is 10.1. The normalized spacial score (nSPS) is 10.9. The van der Waals surface area contributed by atoms with Gasteiger partial charge in [-0.05, 0) is 37.1 Å². The second kappa shape index (κ2) is 31.4. The third-order valence-electron chi connectivity index (χ3n) is 8.48. The van der Waals surface area contributed by atoms with Crippen molar-refractivity contribution in [1.29, 1.82) is 0 Å². The van der Waals surface area contributed by atoms with Crippen molar-refractivity contribution in [3.63, 3.8) is 0 Å². The second-order valence-corrected chi connectivity index (χ2v) is 12.9. The Morgan fingerprint density at radius 3 is 0.917 bits per heavy atom. The highest BCUT2D eigenvalue weighted by molar-refractivity contribution is 5.93. The quantitative estimate of drug-likeness (QED) is 0.0422. The number of hydrogen-bond donors (Lipinski definition) is 0. The molecule has 8 heteroatoms. The molecule has 0 aromatic heterocycles. The van der Waals surface area contributed by atoms with Crippen molar-refractivity contribution in [3.8, 4) is 0 Å². The van der Waals surface area contributed by atoms with E-state index >= 15 is 0 Å². The first kappa shape index (κ1) is 43.1. The van der Waals surface area contributed by atoms with Gasteiger partial charge < -0.3 is 18.9 Å². The van der Waals surface area contributed by atoms with Gasteiger partial charge in [-0.3, -0.25) is 9.59 Å². The summed E-state index contributed by atoms with van der Waals surface area (Å²) in [6.07, 6.45) is 27.6. The van der Waals surface area contributed by atoms with Crippen LogP contribution in [0.2, 0.25) is 0 Å². The summed E-state index contributed by atoms with van der Waals surface area (Å²) in [5.74, 6) is -1.69. The Bertz CT molecular complexity index is 881. The van der Waals surface area contributed by atoms with Crippen molar-refractivity contribution in [1.82, 2.24) is 0 Å². The van der Waals surface area contributed by atoms with Gasteiger partial charge in [0.2, 0.25) is 0 Å². The average molecular weight is 675 g/mol. The Morgan fingerprint density at radius 1 is 0.375 bits per heavy atom. The third kappa shape index (κ3) is 25.2. The van der Waals surface area contributed by atoms with Gasteiger partial charge in [-0.25, -0.2) is 9.59 Å². The summed E-state index contributed by atoms with van der Waals surface area (Å²) in [5.41, 5.74) is 0.547. The van der Waals surface area contributed by atoms with Crippen LogP contribution in [0.25, 0.3) is 0 Å². The smallest absolute Gasteiger partial charge is 0.338 e. The van der Waals surface area contributed by atoms with Crippen LogP contribution in [-0.2, 0) is 28.5 Å². The Balaban J connectivity index is 2.03. The van der Waals surface area contributed by atoms with Crippen LogP contribution >= 0.6 is 0 Å². The molecule has 0 amide bonds. The van der Waals surface area contributed by atoms with Crippen LogP contribution in [0.4, 0.5) is 0 Å². The largest absolute Gasteiger partial charge is 0.462 e. The van der Waals surface area contributed by atoms with Gasteiger partial charge in [0.1, 0.15) is 26.4 Å². The summed E-state index contributed by atoms with van der Waals surface area (Å²) in [6.45, 7) is 4.42. The van der Waals surface area contributed by atoms with Crippen LogP contribution in [0, 0.1) is 0 Å².